The number of rotatable bonds is 5. The first-order chi connectivity index (χ1) is 11.0. The Balaban J connectivity index is 2.79. The van der Waals surface area contributed by atoms with Crippen LogP contribution in [0.4, 0.5) is 21.1 Å². The largest absolute Gasteiger partial charge is 0.465 e. The minimum absolute atomic E-state index is 0.00114. The van der Waals surface area contributed by atoms with E-state index in [2.05, 4.69) is 21.0 Å². The molecule has 0 saturated heterocycles. The van der Waals surface area contributed by atoms with Crippen molar-refractivity contribution in [2.24, 2.45) is 7.05 Å². The number of nitrogens with one attached hydrogen (secondary N) is 3. The number of nitrogens with two attached hydrogens (primary N) is 1. The number of ether oxygens (including phenoxy) is 1. The normalized spacial score (nSPS) is 10.8. The minimum Gasteiger partial charge on any atom is -0.465 e. The molecule has 0 aliphatic carbocycles. The molecule has 0 bridgehead atoms. The van der Waals surface area contributed by atoms with Gasteiger partial charge in [0.25, 0.3) is 0 Å². The third kappa shape index (κ3) is 5.66. The Morgan fingerprint density at radius 3 is 2.38 bits per heavy atom. The van der Waals surface area contributed by atoms with E-state index in [4.69, 9.17) is 15.6 Å². The van der Waals surface area contributed by atoms with Gasteiger partial charge in [0, 0.05) is 20.1 Å². The molecule has 0 spiro atoms. The average Bonchev–Trinajstić information content (AvgIpc) is 2.67. The highest BCUT2D eigenvalue weighted by molar-refractivity contribution is 6.02. The fraction of sp³-hybridized carbons (Fsp3) is 0.538. The van der Waals surface area contributed by atoms with Crippen molar-refractivity contribution in [1.82, 2.24) is 20.4 Å². The summed E-state index contributed by atoms with van der Waals surface area (Å²) < 4.78 is 6.48. The van der Waals surface area contributed by atoms with Gasteiger partial charge in [0.15, 0.2) is 11.5 Å². The molecule has 134 valence electrons. The SMILES string of the molecule is Cn1nc(N)c(NC(=O)NCCNC(=O)O)c1C(=O)OC(C)(C)C. The Morgan fingerprint density at radius 1 is 1.25 bits per heavy atom. The number of carbonyl (C=O) groups excluding carboxylic acids is 2. The minimum atomic E-state index is -1.19. The maximum absolute atomic E-state index is 12.2. The van der Waals surface area contributed by atoms with Crippen molar-refractivity contribution in [2.75, 3.05) is 24.1 Å². The van der Waals surface area contributed by atoms with E-state index < -0.39 is 23.7 Å². The van der Waals surface area contributed by atoms with Crippen LogP contribution >= 0.6 is 0 Å². The maximum atomic E-state index is 12.2. The van der Waals surface area contributed by atoms with E-state index in [0.717, 1.165) is 0 Å². The van der Waals surface area contributed by atoms with Gasteiger partial charge >= 0.3 is 18.1 Å². The number of carbonyl (C=O) groups is 3. The van der Waals surface area contributed by atoms with Gasteiger partial charge in [-0.15, -0.1) is 0 Å². The molecular formula is C13H22N6O5. The monoisotopic (exact) mass is 342 g/mol. The molecule has 0 atom stereocenters. The highest BCUT2D eigenvalue weighted by Gasteiger charge is 2.27. The average molecular weight is 342 g/mol. The molecular weight excluding hydrogens is 320 g/mol. The highest BCUT2D eigenvalue weighted by Crippen LogP contribution is 2.24. The number of nitrogens with zero attached hydrogens (tertiary/aromatic N) is 2. The molecule has 3 amide bonds. The van der Waals surface area contributed by atoms with Crippen LogP contribution in [-0.4, -0.2) is 51.7 Å². The molecule has 0 saturated carbocycles. The van der Waals surface area contributed by atoms with Crippen LogP contribution in [0.3, 0.4) is 0 Å². The summed E-state index contributed by atoms with van der Waals surface area (Å²) in [6.45, 7) is 5.21. The third-order valence-corrected chi connectivity index (χ3v) is 2.59. The first kappa shape index (κ1) is 19.1. The zero-order valence-electron chi connectivity index (χ0n) is 14.0. The summed E-state index contributed by atoms with van der Waals surface area (Å²) in [7, 11) is 1.50. The second-order valence-electron chi connectivity index (χ2n) is 5.85. The number of hydrogen-bond donors (Lipinski definition) is 5. The summed E-state index contributed by atoms with van der Waals surface area (Å²) in [6.07, 6.45) is -1.19. The second-order valence-corrected chi connectivity index (χ2v) is 5.85. The quantitative estimate of drug-likeness (QED) is 0.381. The van der Waals surface area contributed by atoms with Gasteiger partial charge in [-0.3, -0.25) is 4.68 Å². The lowest BCUT2D eigenvalue weighted by Crippen LogP contribution is -2.36. The molecule has 0 aliphatic heterocycles. The molecule has 1 heterocycles. The van der Waals surface area contributed by atoms with Gasteiger partial charge in [0.1, 0.15) is 11.3 Å². The van der Waals surface area contributed by atoms with E-state index in [9.17, 15) is 14.4 Å². The lowest BCUT2D eigenvalue weighted by Gasteiger charge is -2.20. The zero-order valence-corrected chi connectivity index (χ0v) is 14.0. The van der Waals surface area contributed by atoms with Crippen molar-refractivity contribution in [3.63, 3.8) is 0 Å². The Bertz CT molecular complexity index is 634. The summed E-state index contributed by atoms with van der Waals surface area (Å²) in [4.78, 5) is 34.4. The van der Waals surface area contributed by atoms with Gasteiger partial charge < -0.3 is 31.5 Å². The van der Waals surface area contributed by atoms with Crippen LogP contribution < -0.4 is 21.7 Å². The number of urea groups is 1. The third-order valence-electron chi connectivity index (χ3n) is 2.59. The van der Waals surface area contributed by atoms with Crippen molar-refractivity contribution in [2.45, 2.75) is 26.4 Å². The summed E-state index contributed by atoms with van der Waals surface area (Å²) >= 11 is 0. The van der Waals surface area contributed by atoms with Crippen molar-refractivity contribution < 1.29 is 24.2 Å². The molecule has 1 aromatic heterocycles. The molecule has 1 rings (SSSR count). The number of nitrogen functional groups attached to an aromatic ring is 1. The molecule has 6 N–H and O–H groups in total. The predicted octanol–water partition coefficient (Wildman–Crippen LogP) is 0.347. The number of aryl methyl sites for hydroxylation is 1. The van der Waals surface area contributed by atoms with Gasteiger partial charge in [-0.1, -0.05) is 0 Å². The number of hydrogen-bond acceptors (Lipinski definition) is 6. The van der Waals surface area contributed by atoms with Crippen molar-refractivity contribution >= 4 is 29.6 Å². The number of esters is 1. The van der Waals surface area contributed by atoms with Crippen LogP contribution in [0, 0.1) is 0 Å². The molecule has 0 aromatic carbocycles. The second kappa shape index (κ2) is 7.53. The maximum Gasteiger partial charge on any atom is 0.404 e. The van der Waals surface area contributed by atoms with E-state index >= 15 is 0 Å². The Hall–Kier alpha value is -2.98. The van der Waals surface area contributed by atoms with Crippen LogP contribution in [0.15, 0.2) is 0 Å². The summed E-state index contributed by atoms with van der Waals surface area (Å²) in [5.74, 6) is -0.728. The Morgan fingerprint density at radius 2 is 1.83 bits per heavy atom. The summed E-state index contributed by atoms with van der Waals surface area (Å²) in [6, 6.07) is -0.660. The summed E-state index contributed by atoms with van der Waals surface area (Å²) in [5, 5.41) is 19.3. The van der Waals surface area contributed by atoms with Gasteiger partial charge in [0.2, 0.25) is 0 Å². The van der Waals surface area contributed by atoms with Gasteiger partial charge in [-0.2, -0.15) is 5.10 Å². The van der Waals surface area contributed by atoms with Crippen LogP contribution in [0.5, 0.6) is 0 Å². The Labute approximate surface area is 138 Å². The van der Waals surface area contributed by atoms with Gasteiger partial charge in [-0.25, -0.2) is 14.4 Å². The van der Waals surface area contributed by atoms with E-state index in [-0.39, 0.29) is 30.3 Å². The van der Waals surface area contributed by atoms with Crippen molar-refractivity contribution in [3.05, 3.63) is 5.69 Å². The zero-order chi connectivity index (χ0) is 18.5. The first-order valence-electron chi connectivity index (χ1n) is 7.08. The molecule has 0 unspecified atom stereocenters. The van der Waals surface area contributed by atoms with Gasteiger partial charge in [-0.05, 0) is 20.8 Å². The fourth-order valence-electron chi connectivity index (χ4n) is 1.73. The predicted molar refractivity (Wildman–Crippen MR) is 85.8 cm³/mol. The highest BCUT2D eigenvalue weighted by atomic mass is 16.6. The number of aromatic nitrogens is 2. The van der Waals surface area contributed by atoms with Crippen LogP contribution in [-0.2, 0) is 11.8 Å². The van der Waals surface area contributed by atoms with Crippen molar-refractivity contribution in [1.29, 1.82) is 0 Å². The van der Waals surface area contributed by atoms with Gasteiger partial charge in [0.05, 0.1) is 0 Å². The lowest BCUT2D eigenvalue weighted by molar-refractivity contribution is 0.00587. The van der Waals surface area contributed by atoms with E-state index in [1.165, 1.54) is 11.7 Å². The van der Waals surface area contributed by atoms with E-state index in [0.29, 0.717) is 0 Å². The molecule has 0 aliphatic rings. The standard InChI is InChI=1S/C13H22N6O5/c1-13(2,3)24-10(20)8-7(9(14)18-19(8)4)17-11(21)15-5-6-16-12(22)23/h16H,5-6H2,1-4H3,(H2,14,18)(H,22,23)(H2,15,17,21). The van der Waals surface area contributed by atoms with E-state index in [1.807, 2.05) is 0 Å². The molecule has 1 aromatic rings. The van der Waals surface area contributed by atoms with Crippen LogP contribution in [0.25, 0.3) is 0 Å². The van der Waals surface area contributed by atoms with E-state index in [1.54, 1.807) is 20.8 Å². The number of carboxylic acid groups (broad SMARTS) is 1. The number of anilines is 2. The van der Waals surface area contributed by atoms with Crippen LogP contribution in [0.2, 0.25) is 0 Å². The van der Waals surface area contributed by atoms with Crippen molar-refractivity contribution in [3.8, 4) is 0 Å². The topological polar surface area (TPSA) is 161 Å². The first-order valence-corrected chi connectivity index (χ1v) is 7.08. The van der Waals surface area contributed by atoms with Crippen LogP contribution in [0.1, 0.15) is 31.3 Å². The molecule has 24 heavy (non-hydrogen) atoms. The molecule has 11 nitrogen and oxygen atoms in total. The molecule has 11 heteroatoms. The fourth-order valence-corrected chi connectivity index (χ4v) is 1.73. The lowest BCUT2D eigenvalue weighted by atomic mass is 10.2. The molecule has 0 fully saturated rings. The molecule has 0 radical (unpaired) electrons. The number of amides is 3. The smallest absolute Gasteiger partial charge is 0.404 e. The Kier molecular flexibility index (Phi) is 5.98. The summed E-state index contributed by atoms with van der Waals surface area (Å²) in [5.41, 5.74) is 5.01.